The standard InChI is InChI=1S/C20H20N4O2/c1-21-19(25)17-8-7-16(13-5-3-2-4-6-13)24(17)20(26)15-10-12-23-18-14(15)9-11-22-18/h2-6,9-12,16-17H,7-8H2,1H3,(H,21,25)(H,22,23)/t16-,17+/m0/s1. The van der Waals surface area contributed by atoms with Crippen LogP contribution >= 0.6 is 0 Å². The lowest BCUT2D eigenvalue weighted by atomic mass is 10.0. The molecule has 26 heavy (non-hydrogen) atoms. The van der Waals surface area contributed by atoms with Gasteiger partial charge in [-0.1, -0.05) is 30.3 Å². The number of nitrogens with one attached hydrogen (secondary N) is 2. The van der Waals surface area contributed by atoms with Crippen molar-refractivity contribution in [2.24, 2.45) is 0 Å². The van der Waals surface area contributed by atoms with Crippen LogP contribution in [0.25, 0.3) is 11.0 Å². The number of amides is 2. The molecule has 6 nitrogen and oxygen atoms in total. The molecule has 0 radical (unpaired) electrons. The molecule has 0 aliphatic carbocycles. The third-order valence-corrected chi connectivity index (χ3v) is 5.04. The second kappa shape index (κ2) is 6.63. The normalized spacial score (nSPS) is 19.7. The molecule has 132 valence electrons. The van der Waals surface area contributed by atoms with Crippen LogP contribution in [0.1, 0.15) is 34.8 Å². The lowest BCUT2D eigenvalue weighted by Gasteiger charge is -2.30. The second-order valence-electron chi connectivity index (χ2n) is 6.44. The summed E-state index contributed by atoms with van der Waals surface area (Å²) in [5, 5.41) is 3.47. The highest BCUT2D eigenvalue weighted by Crippen LogP contribution is 2.38. The smallest absolute Gasteiger partial charge is 0.255 e. The Morgan fingerprint density at radius 2 is 1.96 bits per heavy atom. The first-order valence-corrected chi connectivity index (χ1v) is 8.72. The number of hydrogen-bond donors (Lipinski definition) is 2. The Hall–Kier alpha value is -3.15. The van der Waals surface area contributed by atoms with Gasteiger partial charge < -0.3 is 15.2 Å². The molecule has 6 heteroatoms. The Labute approximate surface area is 151 Å². The van der Waals surface area contributed by atoms with Crippen molar-refractivity contribution in [3.63, 3.8) is 0 Å². The van der Waals surface area contributed by atoms with E-state index in [2.05, 4.69) is 15.3 Å². The lowest BCUT2D eigenvalue weighted by Crippen LogP contribution is -2.45. The summed E-state index contributed by atoms with van der Waals surface area (Å²) in [7, 11) is 1.61. The molecule has 1 aromatic carbocycles. The fraction of sp³-hybridized carbons (Fsp3) is 0.250. The van der Waals surface area contributed by atoms with Gasteiger partial charge in [0, 0.05) is 24.8 Å². The topological polar surface area (TPSA) is 78.1 Å². The number of aromatic nitrogens is 2. The van der Waals surface area contributed by atoms with E-state index >= 15 is 0 Å². The van der Waals surface area contributed by atoms with Gasteiger partial charge in [0.1, 0.15) is 11.7 Å². The van der Waals surface area contributed by atoms with Gasteiger partial charge in [0.25, 0.3) is 5.91 Å². The van der Waals surface area contributed by atoms with Crippen LogP contribution < -0.4 is 5.32 Å². The van der Waals surface area contributed by atoms with Crippen LogP contribution in [0.4, 0.5) is 0 Å². The molecular formula is C20H20N4O2. The number of fused-ring (bicyclic) bond motifs is 1. The molecule has 2 atom stereocenters. The number of aromatic amines is 1. The van der Waals surface area contributed by atoms with E-state index in [0.717, 1.165) is 17.4 Å². The average Bonchev–Trinajstić information content (AvgIpc) is 3.34. The van der Waals surface area contributed by atoms with E-state index in [4.69, 9.17) is 0 Å². The quantitative estimate of drug-likeness (QED) is 0.764. The zero-order valence-electron chi connectivity index (χ0n) is 14.5. The number of pyridine rings is 1. The van der Waals surface area contributed by atoms with Gasteiger partial charge in [-0.25, -0.2) is 4.98 Å². The summed E-state index contributed by atoms with van der Waals surface area (Å²) in [6.45, 7) is 0. The van der Waals surface area contributed by atoms with Crippen molar-refractivity contribution in [1.29, 1.82) is 0 Å². The summed E-state index contributed by atoms with van der Waals surface area (Å²) < 4.78 is 0. The Morgan fingerprint density at radius 1 is 1.15 bits per heavy atom. The molecule has 2 aromatic heterocycles. The van der Waals surface area contributed by atoms with Crippen LogP contribution in [0.2, 0.25) is 0 Å². The summed E-state index contributed by atoms with van der Waals surface area (Å²) in [5.41, 5.74) is 2.28. The number of likely N-dealkylation sites (tertiary alicyclic amines) is 1. The monoisotopic (exact) mass is 348 g/mol. The van der Waals surface area contributed by atoms with Crippen LogP contribution in [0, 0.1) is 0 Å². The maximum atomic E-state index is 13.5. The third-order valence-electron chi connectivity index (χ3n) is 5.04. The summed E-state index contributed by atoms with van der Waals surface area (Å²) in [6.07, 6.45) is 4.79. The van der Waals surface area contributed by atoms with Crippen LogP contribution in [0.3, 0.4) is 0 Å². The van der Waals surface area contributed by atoms with E-state index in [9.17, 15) is 9.59 Å². The Balaban J connectivity index is 1.78. The first-order valence-electron chi connectivity index (χ1n) is 8.72. The number of rotatable bonds is 3. The number of likely N-dealkylation sites (N-methyl/N-ethyl adjacent to an activating group) is 1. The van der Waals surface area contributed by atoms with Gasteiger partial charge in [-0.05, 0) is 30.5 Å². The molecule has 0 unspecified atom stereocenters. The molecule has 0 spiro atoms. The number of benzene rings is 1. The highest BCUT2D eigenvalue weighted by Gasteiger charge is 2.41. The number of carbonyl (C=O) groups is 2. The predicted molar refractivity (Wildman–Crippen MR) is 98.5 cm³/mol. The fourth-order valence-electron chi connectivity index (χ4n) is 3.81. The van der Waals surface area contributed by atoms with Gasteiger partial charge in [0.2, 0.25) is 5.91 Å². The first-order chi connectivity index (χ1) is 12.7. The van der Waals surface area contributed by atoms with Crippen LogP contribution in [0.5, 0.6) is 0 Å². The SMILES string of the molecule is CNC(=O)[C@H]1CC[C@@H](c2ccccc2)N1C(=O)c1ccnc2[nH]ccc12. The molecule has 1 saturated heterocycles. The molecule has 2 N–H and O–H groups in total. The minimum atomic E-state index is -0.472. The maximum Gasteiger partial charge on any atom is 0.255 e. The second-order valence-corrected chi connectivity index (χ2v) is 6.44. The van der Waals surface area contributed by atoms with Crippen molar-refractivity contribution in [1.82, 2.24) is 20.2 Å². The molecule has 3 heterocycles. The van der Waals surface area contributed by atoms with E-state index in [1.165, 1.54) is 0 Å². The molecule has 1 fully saturated rings. The van der Waals surface area contributed by atoms with Crippen molar-refractivity contribution < 1.29 is 9.59 Å². The van der Waals surface area contributed by atoms with Crippen molar-refractivity contribution >= 4 is 22.8 Å². The van der Waals surface area contributed by atoms with Gasteiger partial charge in [0.15, 0.2) is 0 Å². The maximum absolute atomic E-state index is 13.5. The third kappa shape index (κ3) is 2.63. The van der Waals surface area contributed by atoms with E-state index in [1.54, 1.807) is 30.4 Å². The number of nitrogens with zero attached hydrogens (tertiary/aromatic N) is 2. The minimum absolute atomic E-state index is 0.117. The molecule has 0 saturated carbocycles. The minimum Gasteiger partial charge on any atom is -0.357 e. The molecule has 1 aliphatic rings. The Morgan fingerprint density at radius 3 is 2.73 bits per heavy atom. The largest absolute Gasteiger partial charge is 0.357 e. The summed E-state index contributed by atoms with van der Waals surface area (Å²) in [4.78, 5) is 34.9. The van der Waals surface area contributed by atoms with E-state index in [-0.39, 0.29) is 17.9 Å². The van der Waals surface area contributed by atoms with E-state index < -0.39 is 6.04 Å². The predicted octanol–water partition coefficient (Wildman–Crippen LogP) is 2.65. The van der Waals surface area contributed by atoms with Crippen molar-refractivity contribution in [2.45, 2.75) is 24.9 Å². The molecular weight excluding hydrogens is 328 g/mol. The van der Waals surface area contributed by atoms with Crippen LogP contribution in [0.15, 0.2) is 54.9 Å². The van der Waals surface area contributed by atoms with Crippen molar-refractivity contribution in [2.75, 3.05) is 7.05 Å². The van der Waals surface area contributed by atoms with Crippen molar-refractivity contribution in [3.05, 3.63) is 66.0 Å². The van der Waals surface area contributed by atoms with Crippen LogP contribution in [-0.4, -0.2) is 39.8 Å². The van der Waals surface area contributed by atoms with Gasteiger partial charge in [0.05, 0.1) is 11.6 Å². The number of carbonyl (C=O) groups excluding carboxylic acids is 2. The summed E-state index contributed by atoms with van der Waals surface area (Å²) in [6, 6.07) is 12.9. The van der Waals surface area contributed by atoms with Gasteiger partial charge >= 0.3 is 0 Å². The summed E-state index contributed by atoms with van der Waals surface area (Å²) >= 11 is 0. The Bertz CT molecular complexity index is 951. The average molecular weight is 348 g/mol. The number of H-pyrrole nitrogens is 1. The van der Waals surface area contributed by atoms with Gasteiger partial charge in [-0.15, -0.1) is 0 Å². The number of hydrogen-bond acceptors (Lipinski definition) is 3. The van der Waals surface area contributed by atoms with Crippen LogP contribution in [-0.2, 0) is 4.79 Å². The zero-order chi connectivity index (χ0) is 18.1. The van der Waals surface area contributed by atoms with E-state index in [1.807, 2.05) is 36.4 Å². The molecule has 3 aromatic rings. The molecule has 1 aliphatic heterocycles. The van der Waals surface area contributed by atoms with E-state index in [0.29, 0.717) is 17.6 Å². The van der Waals surface area contributed by atoms with Crippen molar-refractivity contribution in [3.8, 4) is 0 Å². The molecule has 0 bridgehead atoms. The zero-order valence-corrected chi connectivity index (χ0v) is 14.5. The fourth-order valence-corrected chi connectivity index (χ4v) is 3.81. The molecule has 2 amide bonds. The lowest BCUT2D eigenvalue weighted by molar-refractivity contribution is -0.124. The Kier molecular flexibility index (Phi) is 4.16. The van der Waals surface area contributed by atoms with Gasteiger partial charge in [-0.3, -0.25) is 9.59 Å². The first kappa shape index (κ1) is 16.3. The van der Waals surface area contributed by atoms with Gasteiger partial charge in [-0.2, -0.15) is 0 Å². The highest BCUT2D eigenvalue weighted by atomic mass is 16.2. The molecule has 4 rings (SSSR count). The summed E-state index contributed by atoms with van der Waals surface area (Å²) in [5.74, 6) is -0.270. The highest BCUT2D eigenvalue weighted by molar-refractivity contribution is 6.07.